The predicted octanol–water partition coefficient (Wildman–Crippen LogP) is 3.59. The molecular formula is C20H27NO5S. The fourth-order valence-corrected chi connectivity index (χ4v) is 4.03. The highest BCUT2D eigenvalue weighted by atomic mass is 32.2. The third-order valence-corrected chi connectivity index (χ3v) is 5.58. The minimum atomic E-state index is -3.66. The molecule has 0 unspecified atom stereocenters. The Morgan fingerprint density at radius 3 is 2.19 bits per heavy atom. The van der Waals surface area contributed by atoms with Gasteiger partial charge in [0.15, 0.2) is 11.5 Å². The number of nitrogens with one attached hydrogen (secondary N) is 1. The molecule has 0 saturated carbocycles. The van der Waals surface area contributed by atoms with Crippen molar-refractivity contribution in [1.29, 1.82) is 0 Å². The van der Waals surface area contributed by atoms with E-state index in [2.05, 4.69) is 4.72 Å². The van der Waals surface area contributed by atoms with E-state index < -0.39 is 10.0 Å². The Bertz CT molecular complexity index is 907. The van der Waals surface area contributed by atoms with Gasteiger partial charge in [0, 0.05) is 6.54 Å². The van der Waals surface area contributed by atoms with Gasteiger partial charge in [-0.15, -0.1) is 0 Å². The smallest absolute Gasteiger partial charge is 0.241 e. The molecule has 0 heterocycles. The van der Waals surface area contributed by atoms with Crippen molar-refractivity contribution in [2.24, 2.45) is 0 Å². The number of hydrogen-bond donors (Lipinski definition) is 1. The van der Waals surface area contributed by atoms with Gasteiger partial charge in [0.2, 0.25) is 10.0 Å². The molecule has 7 heteroatoms. The lowest BCUT2D eigenvalue weighted by atomic mass is 10.1. The van der Waals surface area contributed by atoms with Gasteiger partial charge in [0.05, 0.1) is 25.2 Å². The van der Waals surface area contributed by atoms with Crippen LogP contribution in [0, 0.1) is 13.8 Å². The van der Waals surface area contributed by atoms with Crippen LogP contribution in [0.15, 0.2) is 35.2 Å². The zero-order chi connectivity index (χ0) is 20.2. The van der Waals surface area contributed by atoms with Crippen LogP contribution in [-0.4, -0.2) is 28.7 Å². The van der Waals surface area contributed by atoms with E-state index >= 15 is 0 Å². The van der Waals surface area contributed by atoms with Gasteiger partial charge in [-0.1, -0.05) is 6.07 Å². The molecule has 0 saturated heterocycles. The van der Waals surface area contributed by atoms with Crippen molar-refractivity contribution < 1.29 is 22.6 Å². The van der Waals surface area contributed by atoms with Gasteiger partial charge in [-0.3, -0.25) is 0 Å². The molecule has 2 rings (SSSR count). The summed E-state index contributed by atoms with van der Waals surface area (Å²) in [5.74, 6) is 1.86. The van der Waals surface area contributed by atoms with Crippen LogP contribution in [0.5, 0.6) is 17.2 Å². The average molecular weight is 394 g/mol. The van der Waals surface area contributed by atoms with E-state index in [-0.39, 0.29) is 17.5 Å². The van der Waals surface area contributed by atoms with Crippen LogP contribution < -0.4 is 18.9 Å². The third-order valence-electron chi connectivity index (χ3n) is 4.04. The van der Waals surface area contributed by atoms with Gasteiger partial charge in [-0.2, -0.15) is 0 Å². The number of hydrogen-bond acceptors (Lipinski definition) is 5. The summed E-state index contributed by atoms with van der Waals surface area (Å²) in [6.45, 7) is 7.57. The highest BCUT2D eigenvalue weighted by Crippen LogP contribution is 2.29. The molecule has 27 heavy (non-hydrogen) atoms. The van der Waals surface area contributed by atoms with Crippen molar-refractivity contribution >= 4 is 10.0 Å². The molecule has 2 aromatic carbocycles. The van der Waals surface area contributed by atoms with Crippen LogP contribution in [0.4, 0.5) is 0 Å². The van der Waals surface area contributed by atoms with Crippen molar-refractivity contribution in [2.75, 3.05) is 14.2 Å². The largest absolute Gasteiger partial charge is 0.496 e. The lowest BCUT2D eigenvalue weighted by molar-refractivity contribution is 0.230. The number of benzene rings is 2. The first-order valence-corrected chi connectivity index (χ1v) is 10.1. The Morgan fingerprint density at radius 1 is 0.926 bits per heavy atom. The van der Waals surface area contributed by atoms with Gasteiger partial charge < -0.3 is 14.2 Å². The second kappa shape index (κ2) is 8.63. The van der Waals surface area contributed by atoms with E-state index in [0.717, 1.165) is 11.1 Å². The molecule has 0 amide bonds. The summed E-state index contributed by atoms with van der Waals surface area (Å²) in [6.07, 6.45) is 0.0181. The Morgan fingerprint density at radius 2 is 1.59 bits per heavy atom. The van der Waals surface area contributed by atoms with Crippen LogP contribution in [-0.2, 0) is 16.6 Å². The quantitative estimate of drug-likeness (QED) is 0.742. The minimum absolute atomic E-state index is 0.0181. The first-order chi connectivity index (χ1) is 12.7. The zero-order valence-corrected chi connectivity index (χ0v) is 17.4. The highest BCUT2D eigenvalue weighted by molar-refractivity contribution is 7.89. The molecule has 0 aliphatic heterocycles. The monoisotopic (exact) mass is 393 g/mol. The van der Waals surface area contributed by atoms with Crippen LogP contribution in [0.3, 0.4) is 0 Å². The molecule has 2 aromatic rings. The standard InChI is InChI=1S/C20H27NO5S/c1-13(2)26-17-8-7-16(11-19(17)25-6)12-21-27(22,23)20-10-14(3)18(24-5)9-15(20)4/h7-11,13,21H,12H2,1-6H3. The first-order valence-electron chi connectivity index (χ1n) is 8.66. The van der Waals surface area contributed by atoms with E-state index in [1.807, 2.05) is 26.8 Å². The van der Waals surface area contributed by atoms with E-state index in [4.69, 9.17) is 14.2 Å². The van der Waals surface area contributed by atoms with Crippen molar-refractivity contribution in [2.45, 2.75) is 45.2 Å². The maximum absolute atomic E-state index is 12.7. The summed E-state index contributed by atoms with van der Waals surface area (Å²) in [7, 11) is -0.544. The summed E-state index contributed by atoms with van der Waals surface area (Å²) in [5, 5.41) is 0. The van der Waals surface area contributed by atoms with Crippen LogP contribution in [0.25, 0.3) is 0 Å². The normalized spacial score (nSPS) is 11.5. The number of rotatable bonds is 8. The molecule has 1 N–H and O–H groups in total. The zero-order valence-electron chi connectivity index (χ0n) is 16.6. The van der Waals surface area contributed by atoms with Crippen LogP contribution in [0.1, 0.15) is 30.5 Å². The molecular weight excluding hydrogens is 366 g/mol. The Kier molecular flexibility index (Phi) is 6.73. The van der Waals surface area contributed by atoms with Crippen molar-refractivity contribution in [3.8, 4) is 17.2 Å². The molecule has 0 aromatic heterocycles. The second-order valence-electron chi connectivity index (χ2n) is 6.56. The van der Waals surface area contributed by atoms with Crippen molar-refractivity contribution in [1.82, 2.24) is 4.72 Å². The Hall–Kier alpha value is -2.25. The van der Waals surface area contributed by atoms with Gasteiger partial charge in [0.25, 0.3) is 0 Å². The van der Waals surface area contributed by atoms with E-state index in [1.54, 1.807) is 45.4 Å². The first kappa shape index (κ1) is 21.1. The van der Waals surface area contributed by atoms with Crippen LogP contribution in [0.2, 0.25) is 0 Å². The number of sulfonamides is 1. The summed E-state index contributed by atoms with van der Waals surface area (Å²) in [4.78, 5) is 0.243. The molecule has 0 spiro atoms. The van der Waals surface area contributed by atoms with Crippen LogP contribution >= 0.6 is 0 Å². The Labute approximate surface area is 161 Å². The fourth-order valence-electron chi connectivity index (χ4n) is 2.70. The van der Waals surface area contributed by atoms with Gasteiger partial charge in [-0.25, -0.2) is 13.1 Å². The lowest BCUT2D eigenvalue weighted by Gasteiger charge is -2.15. The summed E-state index contributed by atoms with van der Waals surface area (Å²) in [6, 6.07) is 8.72. The fraction of sp³-hybridized carbons (Fsp3) is 0.400. The molecule has 0 aliphatic rings. The predicted molar refractivity (Wildman–Crippen MR) is 105 cm³/mol. The molecule has 0 aliphatic carbocycles. The minimum Gasteiger partial charge on any atom is -0.496 e. The molecule has 0 radical (unpaired) electrons. The lowest BCUT2D eigenvalue weighted by Crippen LogP contribution is -2.24. The SMILES string of the molecule is COc1cc(C)c(S(=O)(=O)NCc2ccc(OC(C)C)c(OC)c2)cc1C. The summed E-state index contributed by atoms with van der Waals surface area (Å²) in [5.41, 5.74) is 2.16. The van der Waals surface area contributed by atoms with E-state index in [0.29, 0.717) is 22.8 Å². The number of aryl methyl sites for hydroxylation is 2. The maximum atomic E-state index is 12.7. The molecule has 148 valence electrons. The molecule has 6 nitrogen and oxygen atoms in total. The molecule has 0 fully saturated rings. The summed E-state index contributed by atoms with van der Waals surface area (Å²) < 4.78 is 44.4. The second-order valence-corrected chi connectivity index (χ2v) is 8.30. The highest BCUT2D eigenvalue weighted by Gasteiger charge is 2.19. The van der Waals surface area contributed by atoms with Gasteiger partial charge in [-0.05, 0) is 68.7 Å². The summed E-state index contributed by atoms with van der Waals surface area (Å²) >= 11 is 0. The van der Waals surface area contributed by atoms with Crippen molar-refractivity contribution in [3.63, 3.8) is 0 Å². The van der Waals surface area contributed by atoms with Crippen molar-refractivity contribution in [3.05, 3.63) is 47.0 Å². The third kappa shape index (κ3) is 5.14. The van der Waals surface area contributed by atoms with Gasteiger partial charge in [0.1, 0.15) is 5.75 Å². The van der Waals surface area contributed by atoms with Gasteiger partial charge >= 0.3 is 0 Å². The van der Waals surface area contributed by atoms with E-state index in [9.17, 15) is 8.42 Å². The average Bonchev–Trinajstić information content (AvgIpc) is 2.61. The Balaban J connectivity index is 2.21. The number of methoxy groups -OCH3 is 2. The molecule has 0 bridgehead atoms. The molecule has 0 atom stereocenters. The van der Waals surface area contributed by atoms with E-state index in [1.165, 1.54) is 0 Å². The topological polar surface area (TPSA) is 73.9 Å². The maximum Gasteiger partial charge on any atom is 0.241 e. The number of ether oxygens (including phenoxy) is 3.